The Balaban J connectivity index is 1.60. The summed E-state index contributed by atoms with van der Waals surface area (Å²) in [5, 5.41) is 6.07. The molecule has 0 aliphatic carbocycles. The Labute approximate surface area is 112 Å². The average Bonchev–Trinajstić information content (AvgIpc) is 2.92. The second-order valence-corrected chi connectivity index (χ2v) is 6.07. The minimum absolute atomic E-state index is 0.875. The number of aromatic nitrogens is 1. The molecule has 2 heterocycles. The number of hydrogen-bond donors (Lipinski definition) is 1. The molecule has 2 aromatic rings. The monoisotopic (exact) mass is 258 g/mol. The summed E-state index contributed by atoms with van der Waals surface area (Å²) < 4.78 is 0. The third-order valence-electron chi connectivity index (χ3n) is 3.49. The molecule has 3 heteroatoms. The second-order valence-electron chi connectivity index (χ2n) is 4.92. The number of thioether (sulfide) groups is 1. The van der Waals surface area contributed by atoms with Crippen LogP contribution in [0.2, 0.25) is 0 Å². The fraction of sp³-hybridized carbons (Fsp3) is 0.400. The number of benzene rings is 1. The number of pyridine rings is 1. The van der Waals surface area contributed by atoms with Crippen LogP contribution in [0.3, 0.4) is 0 Å². The number of hydrogen-bond acceptors (Lipinski definition) is 3. The minimum atomic E-state index is 0.875. The van der Waals surface area contributed by atoms with E-state index in [4.69, 9.17) is 0 Å². The van der Waals surface area contributed by atoms with E-state index < -0.39 is 0 Å². The van der Waals surface area contributed by atoms with Crippen molar-refractivity contribution in [2.75, 3.05) is 18.1 Å². The average molecular weight is 258 g/mol. The van der Waals surface area contributed by atoms with E-state index in [9.17, 15) is 0 Å². The van der Waals surface area contributed by atoms with Gasteiger partial charge in [0.2, 0.25) is 0 Å². The van der Waals surface area contributed by atoms with Crippen LogP contribution in [-0.4, -0.2) is 23.0 Å². The van der Waals surface area contributed by atoms with Crippen molar-refractivity contribution in [3.8, 4) is 0 Å². The Kier molecular flexibility index (Phi) is 3.81. The zero-order valence-electron chi connectivity index (χ0n) is 10.4. The SMILES string of the molecule is c1cc2cc(CNCC3CCSC3)ccc2cn1. The zero-order chi connectivity index (χ0) is 12.2. The van der Waals surface area contributed by atoms with E-state index in [1.807, 2.05) is 12.4 Å². The molecule has 0 amide bonds. The quantitative estimate of drug-likeness (QED) is 0.912. The molecule has 0 saturated carbocycles. The third kappa shape index (κ3) is 2.85. The maximum atomic E-state index is 4.14. The molecule has 3 rings (SSSR count). The predicted octanol–water partition coefficient (Wildman–Crippen LogP) is 3.08. The van der Waals surface area contributed by atoms with Gasteiger partial charge in [-0.1, -0.05) is 12.1 Å². The summed E-state index contributed by atoms with van der Waals surface area (Å²) in [6.07, 6.45) is 5.15. The number of nitrogens with zero attached hydrogens (tertiary/aromatic N) is 1. The van der Waals surface area contributed by atoms with Gasteiger partial charge in [0.1, 0.15) is 0 Å². The molecule has 1 aliphatic heterocycles. The van der Waals surface area contributed by atoms with Gasteiger partial charge in [-0.15, -0.1) is 0 Å². The minimum Gasteiger partial charge on any atom is -0.312 e. The largest absolute Gasteiger partial charge is 0.312 e. The topological polar surface area (TPSA) is 24.9 Å². The van der Waals surface area contributed by atoms with Gasteiger partial charge in [-0.25, -0.2) is 0 Å². The van der Waals surface area contributed by atoms with Crippen LogP contribution < -0.4 is 5.32 Å². The molecular formula is C15H18N2S. The van der Waals surface area contributed by atoms with E-state index in [-0.39, 0.29) is 0 Å². The predicted molar refractivity (Wildman–Crippen MR) is 78.9 cm³/mol. The Morgan fingerprint density at radius 3 is 3.17 bits per heavy atom. The van der Waals surface area contributed by atoms with Gasteiger partial charge in [0.25, 0.3) is 0 Å². The van der Waals surface area contributed by atoms with E-state index in [2.05, 4.69) is 46.3 Å². The van der Waals surface area contributed by atoms with Gasteiger partial charge in [-0.3, -0.25) is 4.98 Å². The molecular weight excluding hydrogens is 240 g/mol. The molecule has 1 aliphatic rings. The molecule has 1 N–H and O–H groups in total. The van der Waals surface area contributed by atoms with Gasteiger partial charge >= 0.3 is 0 Å². The lowest BCUT2D eigenvalue weighted by Gasteiger charge is -2.10. The first-order valence-corrected chi connectivity index (χ1v) is 7.68. The van der Waals surface area contributed by atoms with Crippen LogP contribution in [0.15, 0.2) is 36.7 Å². The molecule has 0 spiro atoms. The number of nitrogens with one attached hydrogen (secondary N) is 1. The van der Waals surface area contributed by atoms with Crippen molar-refractivity contribution < 1.29 is 0 Å². The van der Waals surface area contributed by atoms with Crippen LogP contribution in [0.1, 0.15) is 12.0 Å². The highest BCUT2D eigenvalue weighted by atomic mass is 32.2. The lowest BCUT2D eigenvalue weighted by atomic mass is 10.1. The van der Waals surface area contributed by atoms with Gasteiger partial charge in [0.15, 0.2) is 0 Å². The molecule has 2 nitrogen and oxygen atoms in total. The van der Waals surface area contributed by atoms with Crippen molar-refractivity contribution in [3.63, 3.8) is 0 Å². The van der Waals surface area contributed by atoms with Crippen LogP contribution in [0.4, 0.5) is 0 Å². The Bertz CT molecular complexity index is 521. The molecule has 18 heavy (non-hydrogen) atoms. The van der Waals surface area contributed by atoms with Gasteiger partial charge in [0.05, 0.1) is 0 Å². The van der Waals surface area contributed by atoms with Gasteiger partial charge in [0, 0.05) is 24.3 Å². The Morgan fingerprint density at radius 2 is 2.28 bits per heavy atom. The van der Waals surface area contributed by atoms with Gasteiger partial charge in [-0.05, 0) is 53.5 Å². The normalized spacial score (nSPS) is 19.4. The van der Waals surface area contributed by atoms with Gasteiger partial charge < -0.3 is 5.32 Å². The van der Waals surface area contributed by atoms with Crippen LogP contribution in [0.5, 0.6) is 0 Å². The maximum absolute atomic E-state index is 4.14. The fourth-order valence-electron chi connectivity index (χ4n) is 2.41. The summed E-state index contributed by atoms with van der Waals surface area (Å²) >= 11 is 2.08. The first-order valence-electron chi connectivity index (χ1n) is 6.53. The van der Waals surface area contributed by atoms with Crippen molar-refractivity contribution in [2.24, 2.45) is 5.92 Å². The molecule has 0 bridgehead atoms. The highest BCUT2D eigenvalue weighted by molar-refractivity contribution is 7.99. The van der Waals surface area contributed by atoms with Gasteiger partial charge in [-0.2, -0.15) is 11.8 Å². The molecule has 1 unspecified atom stereocenters. The van der Waals surface area contributed by atoms with E-state index in [0.29, 0.717) is 0 Å². The highest BCUT2D eigenvalue weighted by Crippen LogP contribution is 2.22. The van der Waals surface area contributed by atoms with Crippen LogP contribution >= 0.6 is 11.8 Å². The van der Waals surface area contributed by atoms with Crippen molar-refractivity contribution in [3.05, 3.63) is 42.2 Å². The van der Waals surface area contributed by atoms with Crippen LogP contribution in [0.25, 0.3) is 10.8 Å². The summed E-state index contributed by atoms with van der Waals surface area (Å²) in [5.41, 5.74) is 1.36. The van der Waals surface area contributed by atoms with Crippen molar-refractivity contribution in [1.82, 2.24) is 10.3 Å². The first-order chi connectivity index (χ1) is 8.92. The molecule has 1 fully saturated rings. The molecule has 1 aromatic heterocycles. The van der Waals surface area contributed by atoms with Crippen molar-refractivity contribution in [1.29, 1.82) is 0 Å². The van der Waals surface area contributed by atoms with Crippen molar-refractivity contribution >= 4 is 22.5 Å². The van der Waals surface area contributed by atoms with E-state index in [0.717, 1.165) is 19.0 Å². The summed E-state index contributed by atoms with van der Waals surface area (Å²) in [6.45, 7) is 2.13. The van der Waals surface area contributed by atoms with E-state index in [1.165, 1.54) is 34.3 Å². The second kappa shape index (κ2) is 5.72. The Morgan fingerprint density at radius 1 is 1.28 bits per heavy atom. The van der Waals surface area contributed by atoms with E-state index >= 15 is 0 Å². The van der Waals surface area contributed by atoms with Crippen LogP contribution in [0, 0.1) is 5.92 Å². The van der Waals surface area contributed by atoms with Crippen LogP contribution in [-0.2, 0) is 6.54 Å². The summed E-state index contributed by atoms with van der Waals surface area (Å²) in [6, 6.07) is 8.69. The maximum Gasteiger partial charge on any atom is 0.0346 e. The summed E-state index contributed by atoms with van der Waals surface area (Å²) in [4.78, 5) is 4.14. The molecule has 94 valence electrons. The zero-order valence-corrected chi connectivity index (χ0v) is 11.2. The summed E-state index contributed by atoms with van der Waals surface area (Å²) in [5.74, 6) is 3.55. The standard InChI is InChI=1S/C15H18N2S/c1-2-15-10-16-5-3-14(15)7-12(1)8-17-9-13-4-6-18-11-13/h1-3,5,7,10,13,17H,4,6,8-9,11H2. The fourth-order valence-corrected chi connectivity index (χ4v) is 3.69. The Hall–Kier alpha value is -1.06. The lowest BCUT2D eigenvalue weighted by Crippen LogP contribution is -2.22. The smallest absolute Gasteiger partial charge is 0.0346 e. The first kappa shape index (κ1) is 12.0. The van der Waals surface area contributed by atoms with Crippen molar-refractivity contribution in [2.45, 2.75) is 13.0 Å². The number of fused-ring (bicyclic) bond motifs is 1. The molecule has 0 radical (unpaired) electrons. The lowest BCUT2D eigenvalue weighted by molar-refractivity contribution is 0.523. The summed E-state index contributed by atoms with van der Waals surface area (Å²) in [7, 11) is 0. The highest BCUT2D eigenvalue weighted by Gasteiger charge is 2.14. The molecule has 1 atom stereocenters. The van der Waals surface area contributed by atoms with E-state index in [1.54, 1.807) is 0 Å². The molecule has 1 saturated heterocycles. The molecule has 1 aromatic carbocycles. The third-order valence-corrected chi connectivity index (χ3v) is 4.72. The number of rotatable bonds is 4.